The smallest absolute Gasteiger partial charge is 0.317 e. The summed E-state index contributed by atoms with van der Waals surface area (Å²) in [6, 6.07) is 0. The second kappa shape index (κ2) is 8.82. The molecule has 1 heterocycles. The first-order valence-electron chi connectivity index (χ1n) is 6.91. The van der Waals surface area contributed by atoms with Crippen LogP contribution in [-0.4, -0.2) is 111 Å². The maximum atomic E-state index is 10.6. The quantitative estimate of drug-likeness (QED) is 0.201. The van der Waals surface area contributed by atoms with Crippen LogP contribution in [0.3, 0.4) is 0 Å². The molecule has 1 aliphatic rings. The molecule has 0 bridgehead atoms. The van der Waals surface area contributed by atoms with Gasteiger partial charge >= 0.3 is 5.97 Å². The fraction of sp³-hybridized carbons (Fsp3) is 0.917. The Hall–Kier alpha value is -0.890. The number of aliphatic carboxylic acids is 1. The van der Waals surface area contributed by atoms with Crippen LogP contribution in [0.4, 0.5) is 0 Å². The van der Waals surface area contributed by atoms with Gasteiger partial charge in [-0.2, -0.15) is 0 Å². The lowest BCUT2D eigenvalue weighted by Gasteiger charge is -2.41. The molecule has 0 aromatic rings. The summed E-state index contributed by atoms with van der Waals surface area (Å²) < 4.78 is 10.3. The Labute approximate surface area is 131 Å². The largest absolute Gasteiger partial charge is 0.480 e. The van der Waals surface area contributed by atoms with E-state index in [2.05, 4.69) is 5.32 Å². The first-order valence-corrected chi connectivity index (χ1v) is 6.91. The summed E-state index contributed by atoms with van der Waals surface area (Å²) in [5.74, 6) is -1.22. The SMILES string of the molecule is O=C(O)CNC(CO)(CO)COC1O[C@H](CO)[C@@H](O)[C@H](O)[C@H]1O. The number of carboxylic acid groups (broad SMARTS) is 1. The van der Waals surface area contributed by atoms with Gasteiger partial charge < -0.3 is 45.2 Å². The van der Waals surface area contributed by atoms with Gasteiger partial charge in [0, 0.05) is 0 Å². The second-order valence-electron chi connectivity index (χ2n) is 5.35. The van der Waals surface area contributed by atoms with E-state index in [0.29, 0.717) is 0 Å². The van der Waals surface area contributed by atoms with Crippen molar-refractivity contribution in [2.75, 3.05) is 33.0 Å². The molecule has 1 fully saturated rings. The average Bonchev–Trinajstić information content (AvgIpc) is 2.55. The molecule has 1 saturated heterocycles. The summed E-state index contributed by atoms with van der Waals surface area (Å²) in [5, 5.41) is 67.9. The van der Waals surface area contributed by atoms with Crippen molar-refractivity contribution in [2.45, 2.75) is 36.2 Å². The van der Waals surface area contributed by atoms with E-state index in [1.165, 1.54) is 0 Å². The molecular weight excluding hydrogens is 318 g/mol. The van der Waals surface area contributed by atoms with Gasteiger partial charge in [0.2, 0.25) is 0 Å². The molecule has 0 amide bonds. The maximum Gasteiger partial charge on any atom is 0.317 e. The summed E-state index contributed by atoms with van der Waals surface area (Å²) in [6.45, 7) is -3.00. The number of carbonyl (C=O) groups is 1. The van der Waals surface area contributed by atoms with Crippen LogP contribution in [0.1, 0.15) is 0 Å². The third-order valence-corrected chi connectivity index (χ3v) is 3.59. The van der Waals surface area contributed by atoms with Crippen LogP contribution < -0.4 is 5.32 Å². The van der Waals surface area contributed by atoms with Crippen LogP contribution in [0.2, 0.25) is 0 Å². The monoisotopic (exact) mass is 341 g/mol. The molecule has 0 spiro atoms. The van der Waals surface area contributed by atoms with Crippen LogP contribution >= 0.6 is 0 Å². The number of carboxylic acids is 1. The average molecular weight is 341 g/mol. The van der Waals surface area contributed by atoms with Gasteiger partial charge in [0.1, 0.15) is 24.4 Å². The van der Waals surface area contributed by atoms with Gasteiger partial charge in [0.25, 0.3) is 0 Å². The highest BCUT2D eigenvalue weighted by molar-refractivity contribution is 5.69. The summed E-state index contributed by atoms with van der Waals surface area (Å²) in [5.41, 5.74) is -1.52. The number of rotatable bonds is 9. The van der Waals surface area contributed by atoms with E-state index < -0.39 is 75.2 Å². The number of hydrogen-bond acceptors (Lipinski definition) is 10. The third kappa shape index (κ3) is 5.04. The van der Waals surface area contributed by atoms with E-state index in [0.717, 1.165) is 0 Å². The fourth-order valence-corrected chi connectivity index (χ4v) is 2.01. The highest BCUT2D eigenvalue weighted by atomic mass is 16.7. The Morgan fingerprint density at radius 3 is 2.17 bits per heavy atom. The lowest BCUT2D eigenvalue weighted by molar-refractivity contribution is -0.305. The minimum atomic E-state index is -1.64. The molecule has 1 aliphatic heterocycles. The third-order valence-electron chi connectivity index (χ3n) is 3.59. The summed E-state index contributed by atoms with van der Waals surface area (Å²) >= 11 is 0. The predicted molar refractivity (Wildman–Crippen MR) is 72.3 cm³/mol. The van der Waals surface area contributed by atoms with Crippen LogP contribution in [0.15, 0.2) is 0 Å². The summed E-state index contributed by atoms with van der Waals surface area (Å²) in [4.78, 5) is 10.6. The minimum absolute atomic E-state index is 0.462. The molecule has 11 heteroatoms. The molecule has 0 radical (unpaired) electrons. The molecular formula is C12H23NO10. The van der Waals surface area contributed by atoms with Gasteiger partial charge in [-0.05, 0) is 0 Å². The van der Waals surface area contributed by atoms with Crippen molar-refractivity contribution in [2.24, 2.45) is 0 Å². The van der Waals surface area contributed by atoms with Crippen LogP contribution in [-0.2, 0) is 14.3 Å². The number of aliphatic hydroxyl groups excluding tert-OH is 6. The Bertz CT molecular complexity index is 375. The lowest BCUT2D eigenvalue weighted by atomic mass is 9.99. The number of hydrogen-bond donors (Lipinski definition) is 8. The zero-order valence-electron chi connectivity index (χ0n) is 12.3. The van der Waals surface area contributed by atoms with Crippen molar-refractivity contribution in [1.82, 2.24) is 5.32 Å². The van der Waals surface area contributed by atoms with E-state index in [1.54, 1.807) is 0 Å². The Morgan fingerprint density at radius 2 is 1.70 bits per heavy atom. The summed E-state index contributed by atoms with van der Waals surface area (Å²) in [7, 11) is 0. The second-order valence-corrected chi connectivity index (χ2v) is 5.35. The zero-order chi connectivity index (χ0) is 17.6. The normalized spacial score (nSPS) is 32.0. The molecule has 11 nitrogen and oxygen atoms in total. The first-order chi connectivity index (χ1) is 10.8. The highest BCUT2D eigenvalue weighted by Crippen LogP contribution is 2.22. The number of nitrogens with one attached hydrogen (secondary N) is 1. The Balaban J connectivity index is 2.70. The molecule has 0 aromatic carbocycles. The first kappa shape index (κ1) is 20.2. The van der Waals surface area contributed by atoms with Crippen molar-refractivity contribution in [1.29, 1.82) is 0 Å². The van der Waals surface area contributed by atoms with E-state index in [1.807, 2.05) is 0 Å². The van der Waals surface area contributed by atoms with E-state index in [4.69, 9.17) is 19.7 Å². The predicted octanol–water partition coefficient (Wildman–Crippen LogP) is -4.80. The Morgan fingerprint density at radius 1 is 1.09 bits per heavy atom. The standard InChI is InChI=1S/C12H23NO10/c14-2-6-8(19)9(20)10(21)11(23-6)22-5-12(3-15,4-16)13-1-7(17)18/h6,8-11,13-16,19-21H,1-5H2,(H,17,18)/t6-,8-,9+,10-,11?/m1/s1. The van der Waals surface area contributed by atoms with Crippen LogP contribution in [0.25, 0.3) is 0 Å². The molecule has 0 aliphatic carbocycles. The summed E-state index contributed by atoms with van der Waals surface area (Å²) in [6.07, 6.45) is -7.42. The molecule has 1 rings (SSSR count). The minimum Gasteiger partial charge on any atom is -0.480 e. The van der Waals surface area contributed by atoms with Gasteiger partial charge in [0.15, 0.2) is 6.29 Å². The van der Waals surface area contributed by atoms with Gasteiger partial charge in [-0.1, -0.05) is 0 Å². The van der Waals surface area contributed by atoms with Crippen LogP contribution in [0.5, 0.6) is 0 Å². The molecule has 5 atom stereocenters. The van der Waals surface area contributed by atoms with Crippen molar-refractivity contribution < 1.29 is 50.0 Å². The fourth-order valence-electron chi connectivity index (χ4n) is 2.01. The molecule has 136 valence electrons. The highest BCUT2D eigenvalue weighted by Gasteiger charge is 2.45. The van der Waals surface area contributed by atoms with E-state index >= 15 is 0 Å². The van der Waals surface area contributed by atoms with Gasteiger partial charge in [-0.3, -0.25) is 10.1 Å². The molecule has 8 N–H and O–H groups in total. The van der Waals surface area contributed by atoms with Gasteiger partial charge in [-0.25, -0.2) is 0 Å². The van der Waals surface area contributed by atoms with Gasteiger partial charge in [0.05, 0.1) is 38.5 Å². The van der Waals surface area contributed by atoms with Crippen LogP contribution in [0, 0.1) is 0 Å². The zero-order valence-corrected chi connectivity index (χ0v) is 12.3. The topological polar surface area (TPSA) is 189 Å². The van der Waals surface area contributed by atoms with Crippen molar-refractivity contribution in [3.05, 3.63) is 0 Å². The molecule has 1 unspecified atom stereocenters. The van der Waals surface area contributed by atoms with Gasteiger partial charge in [-0.15, -0.1) is 0 Å². The lowest BCUT2D eigenvalue weighted by Crippen LogP contribution is -2.62. The molecule has 0 aromatic heterocycles. The van der Waals surface area contributed by atoms with Crippen molar-refractivity contribution in [3.63, 3.8) is 0 Å². The molecule has 23 heavy (non-hydrogen) atoms. The Kier molecular flexibility index (Phi) is 7.73. The number of ether oxygens (including phenoxy) is 2. The maximum absolute atomic E-state index is 10.6. The van der Waals surface area contributed by atoms with Crippen molar-refractivity contribution >= 4 is 5.97 Å². The van der Waals surface area contributed by atoms with E-state index in [-0.39, 0.29) is 0 Å². The van der Waals surface area contributed by atoms with Crippen molar-refractivity contribution in [3.8, 4) is 0 Å². The van der Waals surface area contributed by atoms with E-state index in [9.17, 15) is 30.3 Å². The molecule has 0 saturated carbocycles. The number of aliphatic hydroxyl groups is 6.